The van der Waals surface area contributed by atoms with Gasteiger partial charge in [0, 0.05) is 30.4 Å². The second-order valence-corrected chi connectivity index (χ2v) is 5.83. The number of anilines is 1. The minimum atomic E-state index is -0.379. The highest BCUT2D eigenvalue weighted by molar-refractivity contribution is 5.74. The maximum atomic E-state index is 10.9. The number of rotatable bonds is 5. The van der Waals surface area contributed by atoms with Gasteiger partial charge in [0.25, 0.3) is 5.69 Å². The molecule has 1 aliphatic heterocycles. The Bertz CT molecular complexity index is 843. The summed E-state index contributed by atoms with van der Waals surface area (Å²) < 4.78 is 5.55. The van der Waals surface area contributed by atoms with Crippen LogP contribution in [-0.4, -0.2) is 24.6 Å². The van der Waals surface area contributed by atoms with E-state index in [9.17, 15) is 10.1 Å². The van der Waals surface area contributed by atoms with Crippen molar-refractivity contribution in [3.8, 4) is 5.75 Å². The van der Waals surface area contributed by atoms with Crippen molar-refractivity contribution in [1.29, 1.82) is 0 Å². The van der Waals surface area contributed by atoms with Crippen LogP contribution >= 0.6 is 0 Å². The Morgan fingerprint density at radius 3 is 2.88 bits per heavy atom. The lowest BCUT2D eigenvalue weighted by atomic mass is 10.0. The summed E-state index contributed by atoms with van der Waals surface area (Å²) in [6.07, 6.45) is 8.14. The highest BCUT2D eigenvalue weighted by atomic mass is 16.6. The predicted octanol–water partition coefficient (Wildman–Crippen LogP) is 4.54. The Balaban J connectivity index is 1.80. The van der Waals surface area contributed by atoms with Crippen molar-refractivity contribution in [2.75, 3.05) is 18.6 Å². The molecular formula is C20H20N2O3. The number of fused-ring (bicyclic) bond motifs is 1. The summed E-state index contributed by atoms with van der Waals surface area (Å²) in [5, 5.41) is 10.9. The van der Waals surface area contributed by atoms with Crippen molar-refractivity contribution in [2.45, 2.75) is 13.0 Å². The molecule has 0 amide bonds. The van der Waals surface area contributed by atoms with Crippen LogP contribution in [0, 0.1) is 10.1 Å². The fourth-order valence-corrected chi connectivity index (χ4v) is 2.88. The number of non-ortho nitro benzene ring substituents is 1. The topological polar surface area (TPSA) is 55.6 Å². The molecule has 0 aliphatic carbocycles. The number of ether oxygens (including phenoxy) is 1. The van der Waals surface area contributed by atoms with Crippen LogP contribution in [0.5, 0.6) is 5.75 Å². The van der Waals surface area contributed by atoms with E-state index in [4.69, 9.17) is 4.74 Å². The van der Waals surface area contributed by atoms with Crippen molar-refractivity contribution in [2.24, 2.45) is 0 Å². The summed E-state index contributed by atoms with van der Waals surface area (Å²) in [5.74, 6) is 0.866. The second kappa shape index (κ2) is 7.21. The Morgan fingerprint density at radius 1 is 1.28 bits per heavy atom. The Kier molecular flexibility index (Phi) is 4.84. The molecule has 1 aliphatic rings. The molecule has 5 heteroatoms. The van der Waals surface area contributed by atoms with Gasteiger partial charge in [0.05, 0.1) is 17.6 Å². The summed E-state index contributed by atoms with van der Waals surface area (Å²) in [6, 6.07) is 12.8. The number of benzene rings is 2. The molecule has 0 fully saturated rings. The van der Waals surface area contributed by atoms with E-state index in [0.29, 0.717) is 6.61 Å². The lowest BCUT2D eigenvalue weighted by Gasteiger charge is -2.30. The van der Waals surface area contributed by atoms with Crippen LogP contribution in [0.25, 0.3) is 12.2 Å². The summed E-state index contributed by atoms with van der Waals surface area (Å²) >= 11 is 0. The smallest absolute Gasteiger partial charge is 0.270 e. The first-order valence-electron chi connectivity index (χ1n) is 8.19. The molecule has 0 radical (unpaired) electrons. The molecule has 1 unspecified atom stereocenters. The molecule has 1 atom stereocenters. The first-order chi connectivity index (χ1) is 12.1. The number of likely N-dealkylation sites (N-methyl/N-ethyl adjacent to an activating group) is 1. The minimum Gasteiger partial charge on any atom is -0.494 e. The molecule has 0 bridgehead atoms. The van der Waals surface area contributed by atoms with E-state index in [-0.39, 0.29) is 16.7 Å². The third kappa shape index (κ3) is 3.71. The van der Waals surface area contributed by atoms with Crippen LogP contribution in [-0.2, 0) is 0 Å². The fourth-order valence-electron chi connectivity index (χ4n) is 2.88. The molecule has 1 heterocycles. The Morgan fingerprint density at radius 2 is 2.12 bits per heavy atom. The van der Waals surface area contributed by atoms with Crippen LogP contribution in [0.2, 0.25) is 0 Å². The summed E-state index contributed by atoms with van der Waals surface area (Å²) in [4.78, 5) is 12.7. The number of nitrogens with zero attached hydrogens (tertiary/aromatic N) is 2. The third-order valence-corrected chi connectivity index (χ3v) is 4.18. The monoisotopic (exact) mass is 336 g/mol. The quantitative estimate of drug-likeness (QED) is 0.594. The van der Waals surface area contributed by atoms with Crippen LogP contribution < -0.4 is 9.64 Å². The van der Waals surface area contributed by atoms with Gasteiger partial charge in [-0.3, -0.25) is 10.1 Å². The average Bonchev–Trinajstić information content (AvgIpc) is 2.62. The van der Waals surface area contributed by atoms with Gasteiger partial charge in [-0.15, -0.1) is 0 Å². The zero-order valence-electron chi connectivity index (χ0n) is 14.3. The zero-order valence-corrected chi connectivity index (χ0v) is 14.3. The van der Waals surface area contributed by atoms with E-state index in [1.54, 1.807) is 12.1 Å². The van der Waals surface area contributed by atoms with Gasteiger partial charge in [-0.1, -0.05) is 36.4 Å². The van der Waals surface area contributed by atoms with Gasteiger partial charge in [-0.2, -0.15) is 0 Å². The van der Waals surface area contributed by atoms with Crippen molar-refractivity contribution >= 4 is 23.5 Å². The van der Waals surface area contributed by atoms with E-state index in [0.717, 1.165) is 22.6 Å². The van der Waals surface area contributed by atoms with Gasteiger partial charge >= 0.3 is 0 Å². The van der Waals surface area contributed by atoms with Gasteiger partial charge < -0.3 is 9.64 Å². The maximum Gasteiger partial charge on any atom is 0.270 e. The maximum absolute atomic E-state index is 10.9. The Labute approximate surface area is 147 Å². The highest BCUT2D eigenvalue weighted by Gasteiger charge is 2.17. The molecule has 3 rings (SSSR count). The van der Waals surface area contributed by atoms with E-state index < -0.39 is 0 Å². The number of nitro groups is 1. The lowest BCUT2D eigenvalue weighted by molar-refractivity contribution is -0.384. The molecule has 128 valence electrons. The number of hydrogen-bond acceptors (Lipinski definition) is 4. The van der Waals surface area contributed by atoms with Gasteiger partial charge in [-0.25, -0.2) is 0 Å². The van der Waals surface area contributed by atoms with E-state index in [2.05, 4.69) is 23.1 Å². The number of hydrogen-bond donors (Lipinski definition) is 0. The Hall–Kier alpha value is -3.08. The second-order valence-electron chi connectivity index (χ2n) is 5.83. The normalized spacial score (nSPS) is 16.1. The molecule has 2 aromatic carbocycles. The summed E-state index contributed by atoms with van der Waals surface area (Å²) in [6.45, 7) is 2.61. The summed E-state index contributed by atoms with van der Waals surface area (Å²) in [5.41, 5.74) is 3.16. The molecule has 0 aromatic heterocycles. The van der Waals surface area contributed by atoms with Crippen LogP contribution in [0.15, 0.2) is 54.6 Å². The van der Waals surface area contributed by atoms with Crippen LogP contribution in [0.3, 0.4) is 0 Å². The van der Waals surface area contributed by atoms with Crippen LogP contribution in [0.1, 0.15) is 18.1 Å². The molecular weight excluding hydrogens is 316 g/mol. The molecule has 0 saturated heterocycles. The molecule has 2 aromatic rings. The summed E-state index contributed by atoms with van der Waals surface area (Å²) in [7, 11) is 2.03. The molecule has 25 heavy (non-hydrogen) atoms. The first-order valence-corrected chi connectivity index (χ1v) is 8.19. The van der Waals surface area contributed by atoms with Gasteiger partial charge in [-0.05, 0) is 30.7 Å². The van der Waals surface area contributed by atoms with Crippen molar-refractivity contribution in [3.63, 3.8) is 0 Å². The number of nitro benzene ring substituents is 1. The van der Waals surface area contributed by atoms with Crippen molar-refractivity contribution in [3.05, 3.63) is 75.9 Å². The van der Waals surface area contributed by atoms with Crippen molar-refractivity contribution < 1.29 is 9.66 Å². The standard InChI is InChI=1S/C20H20N2O3/c1-3-25-19-11-12-20-16(14-19)8-10-17(21(20)2)9-7-15-5-4-6-18(13-15)22(23)24/h4-14,17H,3H2,1-2H3. The van der Waals surface area contributed by atoms with E-state index in [1.807, 2.05) is 44.3 Å². The lowest BCUT2D eigenvalue weighted by Crippen LogP contribution is -2.30. The molecule has 5 nitrogen and oxygen atoms in total. The highest BCUT2D eigenvalue weighted by Crippen LogP contribution is 2.31. The fraction of sp³-hybridized carbons (Fsp3) is 0.200. The molecule has 0 N–H and O–H groups in total. The van der Waals surface area contributed by atoms with Gasteiger partial charge in [0.1, 0.15) is 5.75 Å². The first kappa shape index (κ1) is 16.8. The molecule has 0 saturated carbocycles. The molecule has 0 spiro atoms. The van der Waals surface area contributed by atoms with Gasteiger partial charge in [0.15, 0.2) is 0 Å². The minimum absolute atomic E-state index is 0.0877. The third-order valence-electron chi connectivity index (χ3n) is 4.18. The zero-order chi connectivity index (χ0) is 17.8. The average molecular weight is 336 g/mol. The van der Waals surface area contributed by atoms with E-state index in [1.165, 1.54) is 6.07 Å². The predicted molar refractivity (Wildman–Crippen MR) is 101 cm³/mol. The largest absolute Gasteiger partial charge is 0.494 e. The van der Waals surface area contributed by atoms with Crippen molar-refractivity contribution in [1.82, 2.24) is 0 Å². The van der Waals surface area contributed by atoms with E-state index >= 15 is 0 Å². The van der Waals surface area contributed by atoms with Gasteiger partial charge in [0.2, 0.25) is 0 Å². The van der Waals surface area contributed by atoms with Crippen LogP contribution in [0.4, 0.5) is 11.4 Å². The SMILES string of the molecule is CCOc1ccc2c(c1)C=CC(C=Cc1cccc([N+](=O)[O-])c1)N2C.